The molecule has 3 aromatic rings. The summed E-state index contributed by atoms with van der Waals surface area (Å²) in [5.74, 6) is 1.52. The molecule has 1 amide bonds. The number of aryl methyl sites for hydroxylation is 2. The fraction of sp³-hybridized carbons (Fsp3) is 0.562. The maximum absolute atomic E-state index is 14.1. The van der Waals surface area contributed by atoms with Crippen LogP contribution in [-0.2, 0) is 29.1 Å². The Kier molecular flexibility index (Phi) is 5.83. The second-order valence-corrected chi connectivity index (χ2v) is 12.9. The zero-order chi connectivity index (χ0) is 26.9. The normalized spacial score (nSPS) is 28.1. The Hall–Kier alpha value is -3.22. The molecule has 4 saturated carbocycles. The van der Waals surface area contributed by atoms with Crippen LogP contribution in [0.2, 0.25) is 0 Å². The fourth-order valence-electron chi connectivity index (χ4n) is 9.05. The van der Waals surface area contributed by atoms with Crippen molar-refractivity contribution in [2.75, 3.05) is 6.54 Å². The Morgan fingerprint density at radius 3 is 2.44 bits per heavy atom. The standard InChI is InChI=1S/C32H38N4O3/c1-3-36-28-7-6-26(19(2)30(28)33-34-36)27(14-29(37)38)24-5-4-23-8-9-35(18-25(23)13-24)31(39)32-15-20-10-21(16-32)12-22(11-20)17-32/h4-7,13,20-22,27H,3,8-12,14-18H2,1-2H3,(H,37,38). The van der Waals surface area contributed by atoms with E-state index in [2.05, 4.69) is 33.4 Å². The average Bonchev–Trinajstić information content (AvgIpc) is 3.34. The van der Waals surface area contributed by atoms with Crippen LogP contribution in [-0.4, -0.2) is 43.4 Å². The Bertz CT molecular complexity index is 1440. The van der Waals surface area contributed by atoms with E-state index in [-0.39, 0.29) is 17.8 Å². The second kappa shape index (κ2) is 9.17. The molecule has 2 heterocycles. The summed E-state index contributed by atoms with van der Waals surface area (Å²) in [7, 11) is 0. The molecular weight excluding hydrogens is 488 g/mol. The fourth-order valence-corrected chi connectivity index (χ4v) is 9.05. The van der Waals surface area contributed by atoms with Crippen LogP contribution in [0, 0.1) is 30.1 Å². The number of carboxylic acids is 1. The number of fused-ring (bicyclic) bond motifs is 2. The zero-order valence-corrected chi connectivity index (χ0v) is 23.0. The monoisotopic (exact) mass is 526 g/mol. The van der Waals surface area contributed by atoms with E-state index in [1.165, 1.54) is 30.4 Å². The Morgan fingerprint density at radius 2 is 1.77 bits per heavy atom. The molecule has 4 aliphatic carbocycles. The van der Waals surface area contributed by atoms with Crippen molar-refractivity contribution in [1.29, 1.82) is 0 Å². The molecule has 4 fully saturated rings. The number of amides is 1. The van der Waals surface area contributed by atoms with Gasteiger partial charge in [-0.05, 0) is 110 Å². The molecular formula is C32H38N4O3. The van der Waals surface area contributed by atoms with Gasteiger partial charge in [0.05, 0.1) is 17.4 Å². The van der Waals surface area contributed by atoms with Gasteiger partial charge in [0, 0.05) is 25.6 Å². The number of carbonyl (C=O) groups excluding carboxylic acids is 1. The highest BCUT2D eigenvalue weighted by Gasteiger charge is 2.55. The van der Waals surface area contributed by atoms with Crippen LogP contribution in [0.3, 0.4) is 0 Å². The largest absolute Gasteiger partial charge is 0.481 e. The Morgan fingerprint density at radius 1 is 1.05 bits per heavy atom. The highest BCUT2D eigenvalue weighted by Crippen LogP contribution is 2.60. The summed E-state index contributed by atoms with van der Waals surface area (Å²) in [5, 5.41) is 18.5. The van der Waals surface area contributed by atoms with Crippen molar-refractivity contribution < 1.29 is 14.7 Å². The smallest absolute Gasteiger partial charge is 0.304 e. The summed E-state index contributed by atoms with van der Waals surface area (Å²) in [6.45, 7) is 6.21. The van der Waals surface area contributed by atoms with E-state index in [4.69, 9.17) is 0 Å². The quantitative estimate of drug-likeness (QED) is 0.460. The van der Waals surface area contributed by atoms with Gasteiger partial charge < -0.3 is 10.0 Å². The molecule has 8 rings (SSSR count). The molecule has 0 spiro atoms. The topological polar surface area (TPSA) is 88.3 Å². The number of carboxylic acid groups (broad SMARTS) is 1. The molecule has 4 bridgehead atoms. The van der Waals surface area contributed by atoms with Crippen LogP contribution in [0.1, 0.15) is 85.6 Å². The summed E-state index contributed by atoms with van der Waals surface area (Å²) in [5.41, 5.74) is 7.07. The third-order valence-corrected chi connectivity index (χ3v) is 10.5. The van der Waals surface area contributed by atoms with Gasteiger partial charge in [-0.15, -0.1) is 5.10 Å². The van der Waals surface area contributed by atoms with E-state index in [1.54, 1.807) is 0 Å². The van der Waals surface area contributed by atoms with Crippen molar-refractivity contribution in [3.8, 4) is 0 Å². The van der Waals surface area contributed by atoms with Gasteiger partial charge in [0.1, 0.15) is 5.52 Å². The average molecular weight is 527 g/mol. The third-order valence-electron chi connectivity index (χ3n) is 10.5. The molecule has 5 aliphatic rings. The highest BCUT2D eigenvalue weighted by molar-refractivity contribution is 5.84. The van der Waals surface area contributed by atoms with E-state index in [0.29, 0.717) is 12.5 Å². The van der Waals surface area contributed by atoms with E-state index >= 15 is 0 Å². The van der Waals surface area contributed by atoms with Gasteiger partial charge in [-0.3, -0.25) is 9.59 Å². The minimum absolute atomic E-state index is 0.00295. The van der Waals surface area contributed by atoms with Crippen LogP contribution in [0.4, 0.5) is 0 Å². The number of carbonyl (C=O) groups is 2. The molecule has 1 unspecified atom stereocenters. The van der Waals surface area contributed by atoms with Gasteiger partial charge in [0.25, 0.3) is 0 Å². The first-order chi connectivity index (χ1) is 18.8. The van der Waals surface area contributed by atoms with E-state index < -0.39 is 5.97 Å². The lowest BCUT2D eigenvalue weighted by molar-refractivity contribution is -0.158. The number of aromatic nitrogens is 3. The number of benzene rings is 2. The Balaban J connectivity index is 1.19. The van der Waals surface area contributed by atoms with Crippen LogP contribution < -0.4 is 0 Å². The van der Waals surface area contributed by atoms with Crippen molar-refractivity contribution in [2.24, 2.45) is 23.2 Å². The Labute approximate surface area is 229 Å². The van der Waals surface area contributed by atoms with Crippen molar-refractivity contribution in [2.45, 2.75) is 84.2 Å². The molecule has 1 atom stereocenters. The summed E-state index contributed by atoms with van der Waals surface area (Å²) >= 11 is 0. The maximum Gasteiger partial charge on any atom is 0.304 e. The van der Waals surface area contributed by atoms with Gasteiger partial charge in [-0.2, -0.15) is 0 Å². The molecule has 204 valence electrons. The highest BCUT2D eigenvalue weighted by atomic mass is 16.4. The molecule has 39 heavy (non-hydrogen) atoms. The molecule has 0 radical (unpaired) electrons. The number of nitrogens with zero attached hydrogens (tertiary/aromatic N) is 4. The molecule has 0 saturated heterocycles. The van der Waals surface area contributed by atoms with Gasteiger partial charge in [0.15, 0.2) is 0 Å². The lowest BCUT2D eigenvalue weighted by atomic mass is 9.49. The first kappa shape index (κ1) is 24.8. The van der Waals surface area contributed by atoms with E-state index in [0.717, 1.165) is 84.3 Å². The summed E-state index contributed by atoms with van der Waals surface area (Å²) in [4.78, 5) is 28.2. The van der Waals surface area contributed by atoms with E-state index in [9.17, 15) is 14.7 Å². The first-order valence-electron chi connectivity index (χ1n) is 14.8. The maximum atomic E-state index is 14.1. The number of hydrogen-bond acceptors (Lipinski definition) is 4. The molecule has 1 N–H and O–H groups in total. The molecule has 7 nitrogen and oxygen atoms in total. The van der Waals surface area contributed by atoms with Crippen molar-refractivity contribution >= 4 is 22.9 Å². The van der Waals surface area contributed by atoms with Crippen LogP contribution >= 0.6 is 0 Å². The van der Waals surface area contributed by atoms with Crippen LogP contribution in [0.25, 0.3) is 11.0 Å². The molecule has 1 aliphatic heterocycles. The number of aliphatic carboxylic acids is 1. The third kappa shape index (κ3) is 4.07. The predicted molar refractivity (Wildman–Crippen MR) is 148 cm³/mol. The number of hydrogen-bond donors (Lipinski definition) is 1. The first-order valence-corrected chi connectivity index (χ1v) is 14.8. The second-order valence-electron chi connectivity index (χ2n) is 12.9. The number of rotatable bonds is 6. The van der Waals surface area contributed by atoms with E-state index in [1.807, 2.05) is 30.7 Å². The SMILES string of the molecule is CCn1nnc2c(C)c(C(CC(=O)O)c3ccc4c(c3)CN(C(=O)C35CC6CC(CC(C6)C3)C5)CC4)ccc21. The van der Waals surface area contributed by atoms with Gasteiger partial charge in [0.2, 0.25) is 5.91 Å². The predicted octanol–water partition coefficient (Wildman–Crippen LogP) is 5.47. The minimum atomic E-state index is -0.826. The summed E-state index contributed by atoms with van der Waals surface area (Å²) < 4.78 is 1.87. The van der Waals surface area contributed by atoms with Gasteiger partial charge in [-0.1, -0.05) is 29.5 Å². The molecule has 2 aromatic carbocycles. The van der Waals surface area contributed by atoms with Crippen molar-refractivity contribution in [3.05, 3.63) is 58.1 Å². The minimum Gasteiger partial charge on any atom is -0.481 e. The van der Waals surface area contributed by atoms with Gasteiger partial charge >= 0.3 is 5.97 Å². The summed E-state index contributed by atoms with van der Waals surface area (Å²) in [6.07, 6.45) is 8.15. The molecule has 7 heteroatoms. The lowest BCUT2D eigenvalue weighted by Crippen LogP contribution is -2.55. The summed E-state index contributed by atoms with van der Waals surface area (Å²) in [6, 6.07) is 10.5. The van der Waals surface area contributed by atoms with Crippen LogP contribution in [0.5, 0.6) is 0 Å². The molecule has 1 aromatic heterocycles. The lowest BCUT2D eigenvalue weighted by Gasteiger charge is -2.56. The van der Waals surface area contributed by atoms with Gasteiger partial charge in [-0.25, -0.2) is 4.68 Å². The van der Waals surface area contributed by atoms with Crippen molar-refractivity contribution in [1.82, 2.24) is 19.9 Å². The zero-order valence-electron chi connectivity index (χ0n) is 23.0. The van der Waals surface area contributed by atoms with Crippen LogP contribution in [0.15, 0.2) is 30.3 Å². The van der Waals surface area contributed by atoms with Crippen molar-refractivity contribution in [3.63, 3.8) is 0 Å².